The van der Waals surface area contributed by atoms with Crippen molar-refractivity contribution in [2.75, 3.05) is 30.4 Å². The third-order valence-corrected chi connectivity index (χ3v) is 6.65. The highest BCUT2D eigenvalue weighted by molar-refractivity contribution is 7.70. The number of hydrogen-bond acceptors (Lipinski definition) is 7. The maximum atomic E-state index is 13.3. The van der Waals surface area contributed by atoms with Gasteiger partial charge in [-0.15, -0.1) is 0 Å². The van der Waals surface area contributed by atoms with Crippen molar-refractivity contribution in [3.05, 3.63) is 52.5 Å². The smallest absolute Gasteiger partial charge is 0.278 e. The average Bonchev–Trinajstić information content (AvgIpc) is 2.83. The van der Waals surface area contributed by atoms with Crippen molar-refractivity contribution < 1.29 is 22.8 Å². The highest BCUT2D eigenvalue weighted by Crippen LogP contribution is 2.28. The van der Waals surface area contributed by atoms with Crippen molar-refractivity contribution in [3.8, 4) is 0 Å². The van der Waals surface area contributed by atoms with E-state index in [1.54, 1.807) is 26.8 Å². The van der Waals surface area contributed by atoms with E-state index in [0.717, 1.165) is 31.4 Å². The first kappa shape index (κ1) is 30.0. The Balaban J connectivity index is 2.52. The zero-order chi connectivity index (χ0) is 28.1. The number of hydrogen-bond donors (Lipinski definition) is 2. The van der Waals surface area contributed by atoms with Gasteiger partial charge in [-0.2, -0.15) is 0 Å². The molecular formula is C26H33ClN4O5S. The normalized spacial score (nSPS) is 11.9. The van der Waals surface area contributed by atoms with Crippen LogP contribution in [0.15, 0.2) is 41.4 Å². The Labute approximate surface area is 224 Å². The first-order chi connectivity index (χ1) is 17.2. The summed E-state index contributed by atoms with van der Waals surface area (Å²) in [5.74, 6) is -2.09. The summed E-state index contributed by atoms with van der Waals surface area (Å²) in [5.41, 5.74) is 1.06. The monoisotopic (exact) mass is 548 g/mol. The van der Waals surface area contributed by atoms with Gasteiger partial charge in [0.25, 0.3) is 11.8 Å². The van der Waals surface area contributed by atoms with Crippen LogP contribution in [-0.2, 0) is 20.5 Å². The summed E-state index contributed by atoms with van der Waals surface area (Å²) in [4.78, 5) is 45.6. The summed E-state index contributed by atoms with van der Waals surface area (Å²) in [5, 5.41) is 2.66. The topological polar surface area (TPSA) is 116 Å². The lowest BCUT2D eigenvalue weighted by Crippen LogP contribution is -2.37. The molecule has 0 fully saturated rings. The number of aliphatic imine (C=N–C) groups is 1. The van der Waals surface area contributed by atoms with Gasteiger partial charge in [0.05, 0.1) is 16.4 Å². The predicted octanol–water partition coefficient (Wildman–Crippen LogP) is 4.42. The Kier molecular flexibility index (Phi) is 10.00. The SMILES string of the molecule is CCN(CC)c1ccc(N=C(C(=O)Nc2cc(C(=O)N(C)[SH](=O)=O)ccc2Cl)C(=O)C(C)(C)C)c(C)c1. The maximum Gasteiger partial charge on any atom is 0.278 e. The number of benzene rings is 2. The molecular weight excluding hydrogens is 516 g/mol. The van der Waals surface area contributed by atoms with E-state index >= 15 is 0 Å². The zero-order valence-corrected chi connectivity index (χ0v) is 23.7. The van der Waals surface area contributed by atoms with E-state index in [9.17, 15) is 22.8 Å². The molecule has 0 saturated carbocycles. The molecule has 0 aliphatic carbocycles. The molecule has 200 valence electrons. The third kappa shape index (κ3) is 7.39. The van der Waals surface area contributed by atoms with Crippen LogP contribution in [0.5, 0.6) is 0 Å². The number of amides is 2. The largest absolute Gasteiger partial charge is 0.372 e. The van der Waals surface area contributed by atoms with Gasteiger partial charge in [0.1, 0.15) is 0 Å². The van der Waals surface area contributed by atoms with E-state index in [0.29, 0.717) is 9.99 Å². The van der Waals surface area contributed by atoms with Crippen molar-refractivity contribution in [2.24, 2.45) is 10.4 Å². The number of aryl methyl sites for hydroxylation is 1. The van der Waals surface area contributed by atoms with Crippen molar-refractivity contribution >= 4 is 62.9 Å². The van der Waals surface area contributed by atoms with Gasteiger partial charge in [0, 0.05) is 36.8 Å². The molecule has 0 saturated heterocycles. The Morgan fingerprint density at radius 1 is 1.03 bits per heavy atom. The molecule has 37 heavy (non-hydrogen) atoms. The van der Waals surface area contributed by atoms with Gasteiger partial charge < -0.3 is 10.2 Å². The summed E-state index contributed by atoms with van der Waals surface area (Å²) in [7, 11) is -2.02. The zero-order valence-electron chi connectivity index (χ0n) is 22.1. The summed E-state index contributed by atoms with van der Waals surface area (Å²) < 4.78 is 22.9. The molecule has 2 aromatic rings. The fraction of sp³-hybridized carbons (Fsp3) is 0.385. The molecule has 1 N–H and O–H groups in total. The standard InChI is InChI=1S/C26H33ClN4O5S/c1-8-31(9-2)18-11-13-20(16(3)14-18)28-22(23(32)26(4,5)6)24(33)29-21-15-17(10-12-19(21)27)25(34)30(7)37(35)36/h10-15,37H,8-9H2,1-7H3,(H,29,33). The molecule has 0 unspecified atom stereocenters. The van der Waals surface area contributed by atoms with Gasteiger partial charge in [-0.05, 0) is 62.7 Å². The van der Waals surface area contributed by atoms with E-state index in [4.69, 9.17) is 11.6 Å². The minimum Gasteiger partial charge on any atom is -0.372 e. The molecule has 0 heterocycles. The molecule has 2 amide bonds. The van der Waals surface area contributed by atoms with Gasteiger partial charge in [-0.3, -0.25) is 14.4 Å². The molecule has 0 bridgehead atoms. The quantitative estimate of drug-likeness (QED) is 0.272. The lowest BCUT2D eigenvalue weighted by molar-refractivity contribution is -0.121. The molecule has 2 aromatic carbocycles. The Morgan fingerprint density at radius 3 is 2.16 bits per heavy atom. The van der Waals surface area contributed by atoms with Crippen LogP contribution in [0.1, 0.15) is 50.5 Å². The summed E-state index contributed by atoms with van der Waals surface area (Å²) >= 11 is 6.23. The van der Waals surface area contributed by atoms with Gasteiger partial charge in [0.15, 0.2) is 11.5 Å². The van der Waals surface area contributed by atoms with Crippen LogP contribution < -0.4 is 10.2 Å². The second-order valence-electron chi connectivity index (χ2n) is 9.40. The summed E-state index contributed by atoms with van der Waals surface area (Å²) in [6, 6.07) is 9.55. The number of ketones is 1. The van der Waals surface area contributed by atoms with Crippen molar-refractivity contribution in [3.63, 3.8) is 0 Å². The molecule has 0 aliphatic rings. The number of carbonyl (C=O) groups is 3. The number of nitrogens with zero attached hydrogens (tertiary/aromatic N) is 3. The first-order valence-electron chi connectivity index (χ1n) is 11.7. The van der Waals surface area contributed by atoms with E-state index in [1.165, 1.54) is 18.2 Å². The lowest BCUT2D eigenvalue weighted by atomic mass is 9.87. The average molecular weight is 549 g/mol. The highest BCUT2D eigenvalue weighted by atomic mass is 35.5. The van der Waals surface area contributed by atoms with E-state index in [-0.39, 0.29) is 22.0 Å². The highest BCUT2D eigenvalue weighted by Gasteiger charge is 2.31. The third-order valence-electron chi connectivity index (χ3n) is 5.65. The van der Waals surface area contributed by atoms with Crippen LogP contribution in [0.2, 0.25) is 5.02 Å². The number of carbonyl (C=O) groups excluding carboxylic acids is 3. The predicted molar refractivity (Wildman–Crippen MR) is 149 cm³/mol. The number of rotatable bonds is 9. The van der Waals surface area contributed by atoms with E-state index in [2.05, 4.69) is 29.1 Å². The fourth-order valence-electron chi connectivity index (χ4n) is 3.43. The maximum absolute atomic E-state index is 13.3. The van der Waals surface area contributed by atoms with Crippen molar-refractivity contribution in [1.29, 1.82) is 0 Å². The number of nitrogens with one attached hydrogen (secondary N) is 1. The van der Waals surface area contributed by atoms with Crippen LogP contribution >= 0.6 is 11.6 Å². The molecule has 0 spiro atoms. The summed E-state index contributed by atoms with van der Waals surface area (Å²) in [6.45, 7) is 12.7. The molecule has 2 rings (SSSR count). The van der Waals surface area contributed by atoms with E-state index < -0.39 is 33.9 Å². The molecule has 0 aromatic heterocycles. The van der Waals surface area contributed by atoms with Gasteiger partial charge >= 0.3 is 0 Å². The number of Topliss-reactive ketones (excluding diaryl/α,β-unsaturated/α-hetero) is 1. The van der Waals surface area contributed by atoms with E-state index in [1.807, 2.05) is 19.1 Å². The van der Waals surface area contributed by atoms with Gasteiger partial charge in [0.2, 0.25) is 10.9 Å². The van der Waals surface area contributed by atoms with Crippen LogP contribution in [0.4, 0.5) is 17.1 Å². The van der Waals surface area contributed by atoms with Crippen LogP contribution in [0, 0.1) is 12.3 Å². The minimum absolute atomic E-state index is 0.00938. The number of halogens is 1. The lowest BCUT2D eigenvalue weighted by Gasteiger charge is -2.22. The molecule has 9 nitrogen and oxygen atoms in total. The van der Waals surface area contributed by atoms with Crippen molar-refractivity contribution in [2.45, 2.75) is 41.5 Å². The van der Waals surface area contributed by atoms with Crippen molar-refractivity contribution in [1.82, 2.24) is 4.31 Å². The van der Waals surface area contributed by atoms with Crippen LogP contribution in [0.25, 0.3) is 0 Å². The summed E-state index contributed by atoms with van der Waals surface area (Å²) in [6.07, 6.45) is 0. The Morgan fingerprint density at radius 2 is 1.65 bits per heavy atom. The number of anilines is 2. The van der Waals surface area contributed by atoms with Gasteiger partial charge in [-0.25, -0.2) is 17.7 Å². The molecule has 11 heteroatoms. The molecule has 0 atom stereocenters. The fourth-order valence-corrected chi connectivity index (χ4v) is 3.86. The first-order valence-corrected chi connectivity index (χ1v) is 13.2. The second kappa shape index (κ2) is 12.3. The Hall–Kier alpha value is -3.24. The van der Waals surface area contributed by atoms with Crippen LogP contribution in [0.3, 0.4) is 0 Å². The number of thiol groups is 1. The Bertz CT molecular complexity index is 1300. The molecule has 0 radical (unpaired) electrons. The molecule has 0 aliphatic heterocycles. The second-order valence-corrected chi connectivity index (χ2v) is 10.9. The minimum atomic E-state index is -3.13. The van der Waals surface area contributed by atoms with Gasteiger partial charge in [-0.1, -0.05) is 32.4 Å². The van der Waals surface area contributed by atoms with Crippen LogP contribution in [-0.4, -0.2) is 56.2 Å².